The number of hydrogen-bond acceptors (Lipinski definition) is 2. The summed E-state index contributed by atoms with van der Waals surface area (Å²) in [5.41, 5.74) is 2.08. The number of methoxy groups -OCH3 is 1. The molecule has 2 aromatic rings. The van der Waals surface area contributed by atoms with E-state index < -0.39 is 0 Å². The molecule has 3 rings (SSSR count). The van der Waals surface area contributed by atoms with Crippen molar-refractivity contribution >= 4 is 23.2 Å². The Morgan fingerprint density at radius 2 is 1.77 bits per heavy atom. The summed E-state index contributed by atoms with van der Waals surface area (Å²) in [7, 11) is 1.69. The zero-order valence-corrected chi connectivity index (χ0v) is 15.8. The van der Waals surface area contributed by atoms with Crippen LogP contribution in [0.3, 0.4) is 0 Å². The molecule has 0 saturated carbocycles. The number of piperazine rings is 1. The zero-order chi connectivity index (χ0) is 18.4. The van der Waals surface area contributed by atoms with E-state index in [0.717, 1.165) is 44.2 Å². The van der Waals surface area contributed by atoms with Crippen molar-refractivity contribution in [3.05, 3.63) is 59.1 Å². The smallest absolute Gasteiger partial charge is 0.279 e. The summed E-state index contributed by atoms with van der Waals surface area (Å²) in [5, 5.41) is 3.56. The fourth-order valence-electron chi connectivity index (χ4n) is 3.34. The molecule has 26 heavy (non-hydrogen) atoms. The number of hydrogen-bond donors (Lipinski definition) is 3. The molecule has 1 fully saturated rings. The number of carbonyl (C=O) groups excluding carboxylic acids is 1. The fourth-order valence-corrected chi connectivity index (χ4v) is 3.53. The molecular weight excluding hydrogens is 350 g/mol. The van der Waals surface area contributed by atoms with Crippen LogP contribution in [-0.4, -0.2) is 45.7 Å². The van der Waals surface area contributed by atoms with E-state index in [2.05, 4.69) is 17.4 Å². The number of nitrogens with one attached hydrogen (secondary N) is 3. The first-order valence-corrected chi connectivity index (χ1v) is 9.35. The number of benzene rings is 2. The van der Waals surface area contributed by atoms with Gasteiger partial charge in [0.2, 0.25) is 0 Å². The van der Waals surface area contributed by atoms with Gasteiger partial charge in [0.15, 0.2) is 6.54 Å². The molecule has 2 aromatic carbocycles. The van der Waals surface area contributed by atoms with Gasteiger partial charge in [-0.05, 0) is 42.5 Å². The molecule has 6 heteroatoms. The van der Waals surface area contributed by atoms with E-state index >= 15 is 0 Å². The normalized spacial score (nSPS) is 19.8. The molecule has 0 unspecified atom stereocenters. The van der Waals surface area contributed by atoms with Gasteiger partial charge in [0, 0.05) is 16.3 Å². The molecule has 5 nitrogen and oxygen atoms in total. The number of rotatable bonds is 6. The van der Waals surface area contributed by atoms with E-state index in [9.17, 15) is 4.79 Å². The molecule has 0 aliphatic carbocycles. The highest BCUT2D eigenvalue weighted by Crippen LogP contribution is 2.14. The van der Waals surface area contributed by atoms with Gasteiger partial charge < -0.3 is 19.9 Å². The highest BCUT2D eigenvalue weighted by atomic mass is 35.5. The average molecular weight is 376 g/mol. The van der Waals surface area contributed by atoms with Gasteiger partial charge in [-0.15, -0.1) is 0 Å². The molecule has 0 bridgehead atoms. The van der Waals surface area contributed by atoms with Gasteiger partial charge in [-0.25, -0.2) is 0 Å². The minimum atomic E-state index is 0.0425. The van der Waals surface area contributed by atoms with Gasteiger partial charge in [-0.3, -0.25) is 4.79 Å². The maximum atomic E-state index is 12.2. The Morgan fingerprint density at radius 3 is 2.42 bits per heavy atom. The second-order valence-electron chi connectivity index (χ2n) is 6.76. The molecule has 0 atom stereocenters. The Kier molecular flexibility index (Phi) is 6.50. The first kappa shape index (κ1) is 18.7. The third-order valence-corrected chi connectivity index (χ3v) is 5.03. The number of carbonyl (C=O) groups is 1. The number of anilines is 1. The Hall–Kier alpha value is -2.08. The van der Waals surface area contributed by atoms with E-state index in [4.69, 9.17) is 16.3 Å². The lowest BCUT2D eigenvalue weighted by Crippen LogP contribution is -3.28. The summed E-state index contributed by atoms with van der Waals surface area (Å²) in [6, 6.07) is 15.5. The summed E-state index contributed by atoms with van der Waals surface area (Å²) in [6.45, 7) is 5.69. The Balaban J connectivity index is 1.42. The van der Waals surface area contributed by atoms with Crippen LogP contribution < -0.4 is 19.9 Å². The van der Waals surface area contributed by atoms with Gasteiger partial charge in [-0.1, -0.05) is 17.7 Å². The maximum Gasteiger partial charge on any atom is 0.279 e. The molecule has 0 spiro atoms. The molecule has 1 aliphatic rings. The maximum absolute atomic E-state index is 12.2. The molecule has 138 valence electrons. The molecule has 1 saturated heterocycles. The number of amides is 1. The van der Waals surface area contributed by atoms with Gasteiger partial charge in [0.05, 0.1) is 7.11 Å². The van der Waals surface area contributed by atoms with Crippen LogP contribution in [0.2, 0.25) is 5.02 Å². The average Bonchev–Trinajstić information content (AvgIpc) is 2.64. The minimum Gasteiger partial charge on any atom is -0.497 e. The predicted molar refractivity (Wildman–Crippen MR) is 103 cm³/mol. The van der Waals surface area contributed by atoms with Crippen LogP contribution in [0.25, 0.3) is 0 Å². The Labute approximate surface area is 159 Å². The molecule has 1 amide bonds. The molecule has 0 aromatic heterocycles. The SMILES string of the molecule is COc1ccc(C[NH+]2CC[NH+](CC(=O)Nc3cccc(Cl)c3)CC2)cc1. The van der Waals surface area contributed by atoms with Crippen molar-refractivity contribution in [1.29, 1.82) is 0 Å². The van der Waals surface area contributed by atoms with Crippen molar-refractivity contribution in [2.45, 2.75) is 6.54 Å². The van der Waals surface area contributed by atoms with Crippen LogP contribution in [0.4, 0.5) is 5.69 Å². The fraction of sp³-hybridized carbons (Fsp3) is 0.350. The van der Waals surface area contributed by atoms with Crippen molar-refractivity contribution in [2.75, 3.05) is 45.2 Å². The largest absolute Gasteiger partial charge is 0.497 e. The predicted octanol–water partition coefficient (Wildman–Crippen LogP) is 0.271. The second kappa shape index (κ2) is 9.03. The second-order valence-corrected chi connectivity index (χ2v) is 7.20. The first-order valence-electron chi connectivity index (χ1n) is 8.98. The van der Waals surface area contributed by atoms with Crippen molar-refractivity contribution in [2.24, 2.45) is 0 Å². The molecule has 1 heterocycles. The lowest BCUT2D eigenvalue weighted by atomic mass is 10.2. The Morgan fingerprint density at radius 1 is 1.08 bits per heavy atom. The summed E-state index contributed by atoms with van der Waals surface area (Å²) in [6.07, 6.45) is 0. The van der Waals surface area contributed by atoms with Crippen LogP contribution in [0, 0.1) is 0 Å². The molecule has 3 N–H and O–H groups in total. The van der Waals surface area contributed by atoms with E-state index in [0.29, 0.717) is 11.6 Å². The van der Waals surface area contributed by atoms with Crippen LogP contribution >= 0.6 is 11.6 Å². The van der Waals surface area contributed by atoms with E-state index in [1.807, 2.05) is 24.3 Å². The summed E-state index contributed by atoms with van der Waals surface area (Å²) < 4.78 is 5.20. The Bertz CT molecular complexity index is 728. The van der Waals surface area contributed by atoms with Crippen LogP contribution in [0.5, 0.6) is 5.75 Å². The highest BCUT2D eigenvalue weighted by molar-refractivity contribution is 6.30. The standard InChI is InChI=1S/C20H24ClN3O2/c1-26-19-7-5-16(6-8-19)14-23-9-11-24(12-10-23)15-20(25)22-18-4-2-3-17(21)13-18/h2-8,13H,9-12,14-15H2,1H3,(H,22,25)/p+2. The van der Waals surface area contributed by atoms with E-state index in [-0.39, 0.29) is 5.91 Å². The van der Waals surface area contributed by atoms with Gasteiger partial charge >= 0.3 is 0 Å². The van der Waals surface area contributed by atoms with Crippen LogP contribution in [0.15, 0.2) is 48.5 Å². The quantitative estimate of drug-likeness (QED) is 0.679. The minimum absolute atomic E-state index is 0.0425. The lowest BCUT2D eigenvalue weighted by Gasteiger charge is -2.29. The van der Waals surface area contributed by atoms with Crippen molar-refractivity contribution in [1.82, 2.24) is 0 Å². The van der Waals surface area contributed by atoms with Crippen LogP contribution in [-0.2, 0) is 11.3 Å². The number of quaternary nitrogens is 2. The summed E-state index contributed by atoms with van der Waals surface area (Å²) >= 11 is 5.95. The third kappa shape index (κ3) is 5.46. The third-order valence-electron chi connectivity index (χ3n) is 4.80. The van der Waals surface area contributed by atoms with Crippen molar-refractivity contribution in [3.8, 4) is 5.75 Å². The number of halogens is 1. The van der Waals surface area contributed by atoms with Gasteiger partial charge in [0.1, 0.15) is 38.5 Å². The lowest BCUT2D eigenvalue weighted by molar-refractivity contribution is -1.02. The first-order chi connectivity index (χ1) is 12.6. The number of ether oxygens (including phenoxy) is 1. The zero-order valence-electron chi connectivity index (χ0n) is 15.1. The van der Waals surface area contributed by atoms with E-state index in [1.165, 1.54) is 10.5 Å². The summed E-state index contributed by atoms with van der Waals surface area (Å²) in [5.74, 6) is 0.935. The monoisotopic (exact) mass is 375 g/mol. The molecular formula is C20H26ClN3O2+2. The van der Waals surface area contributed by atoms with Crippen LogP contribution in [0.1, 0.15) is 5.56 Å². The molecule has 0 radical (unpaired) electrons. The van der Waals surface area contributed by atoms with Crippen molar-refractivity contribution < 1.29 is 19.3 Å². The summed E-state index contributed by atoms with van der Waals surface area (Å²) in [4.78, 5) is 15.1. The van der Waals surface area contributed by atoms with Crippen molar-refractivity contribution in [3.63, 3.8) is 0 Å². The van der Waals surface area contributed by atoms with E-state index in [1.54, 1.807) is 24.1 Å². The highest BCUT2D eigenvalue weighted by Gasteiger charge is 2.24. The van der Waals surface area contributed by atoms with Gasteiger partial charge in [0.25, 0.3) is 5.91 Å². The topological polar surface area (TPSA) is 47.2 Å². The molecule has 1 aliphatic heterocycles. The van der Waals surface area contributed by atoms with Gasteiger partial charge in [-0.2, -0.15) is 0 Å².